The van der Waals surface area contributed by atoms with Crippen LogP contribution in [0.15, 0.2) is 22.7 Å². The van der Waals surface area contributed by atoms with Crippen LogP contribution in [-0.4, -0.2) is 23.8 Å². The predicted octanol–water partition coefficient (Wildman–Crippen LogP) is 2.67. The number of rotatable bonds is 2. The number of hydrogen-bond acceptors (Lipinski definition) is 1. The van der Waals surface area contributed by atoms with E-state index in [2.05, 4.69) is 15.9 Å². The van der Waals surface area contributed by atoms with Crippen LogP contribution >= 0.6 is 15.9 Å². The summed E-state index contributed by atoms with van der Waals surface area (Å²) < 4.78 is 25.0. The van der Waals surface area contributed by atoms with Crippen molar-refractivity contribution >= 4 is 21.8 Å². The van der Waals surface area contributed by atoms with Crippen LogP contribution in [0, 0.1) is 0 Å². The Morgan fingerprint density at radius 2 is 2.20 bits per heavy atom. The van der Waals surface area contributed by atoms with Crippen LogP contribution in [-0.2, 0) is 6.54 Å². The molecule has 1 amide bonds. The van der Waals surface area contributed by atoms with E-state index in [-0.39, 0.29) is 12.5 Å². The van der Waals surface area contributed by atoms with Crippen LogP contribution in [0.25, 0.3) is 0 Å². The van der Waals surface area contributed by atoms with E-state index in [0.29, 0.717) is 10.0 Å². The molecule has 0 saturated carbocycles. The van der Waals surface area contributed by atoms with E-state index < -0.39 is 13.0 Å². The van der Waals surface area contributed by atoms with Crippen molar-refractivity contribution in [1.82, 2.24) is 4.90 Å². The van der Waals surface area contributed by atoms with Gasteiger partial charge in [0.25, 0.3) is 12.3 Å². The van der Waals surface area contributed by atoms with Crippen LogP contribution in [0.4, 0.5) is 8.78 Å². The van der Waals surface area contributed by atoms with Gasteiger partial charge in [0.1, 0.15) is 0 Å². The van der Waals surface area contributed by atoms with Crippen molar-refractivity contribution in [3.8, 4) is 0 Å². The summed E-state index contributed by atoms with van der Waals surface area (Å²) >= 11 is 3.25. The van der Waals surface area contributed by atoms with Gasteiger partial charge in [-0.05, 0) is 27.6 Å². The average molecular weight is 276 g/mol. The Morgan fingerprint density at radius 1 is 1.47 bits per heavy atom. The fraction of sp³-hybridized carbons (Fsp3) is 0.300. The second-order valence-corrected chi connectivity index (χ2v) is 4.21. The van der Waals surface area contributed by atoms with E-state index in [1.807, 2.05) is 0 Å². The van der Waals surface area contributed by atoms with Gasteiger partial charge in [0, 0.05) is 11.0 Å². The number of carbonyl (C=O) groups is 1. The normalized spacial score (nSPS) is 14.9. The fourth-order valence-electron chi connectivity index (χ4n) is 1.69. The van der Waals surface area contributed by atoms with Crippen molar-refractivity contribution in [3.05, 3.63) is 33.8 Å². The molecule has 1 aromatic carbocycles. The highest BCUT2D eigenvalue weighted by Gasteiger charge is 2.30. The van der Waals surface area contributed by atoms with Crippen LogP contribution in [0.5, 0.6) is 0 Å². The monoisotopic (exact) mass is 275 g/mol. The molecule has 0 radical (unpaired) electrons. The second kappa shape index (κ2) is 3.89. The number of benzene rings is 1. The Labute approximate surface area is 94.0 Å². The molecule has 0 spiro atoms. The summed E-state index contributed by atoms with van der Waals surface area (Å²) in [7, 11) is 0. The van der Waals surface area contributed by atoms with Crippen molar-refractivity contribution in [2.45, 2.75) is 13.0 Å². The topological polar surface area (TPSA) is 20.3 Å². The molecular formula is C10H8BrF2NO. The van der Waals surface area contributed by atoms with Gasteiger partial charge in [0.15, 0.2) is 0 Å². The number of nitrogens with zero attached hydrogens (tertiary/aromatic N) is 1. The van der Waals surface area contributed by atoms with Gasteiger partial charge in [0.05, 0.1) is 12.1 Å². The number of halogens is 3. The molecule has 2 nitrogen and oxygen atoms in total. The summed E-state index contributed by atoms with van der Waals surface area (Å²) in [6, 6.07) is 5.31. The summed E-state index contributed by atoms with van der Waals surface area (Å²) in [6.45, 7) is -0.224. The van der Waals surface area contributed by atoms with Gasteiger partial charge in [-0.1, -0.05) is 12.1 Å². The zero-order chi connectivity index (χ0) is 11.0. The van der Waals surface area contributed by atoms with E-state index in [9.17, 15) is 13.6 Å². The van der Waals surface area contributed by atoms with Crippen molar-refractivity contribution < 1.29 is 13.6 Å². The van der Waals surface area contributed by atoms with E-state index in [4.69, 9.17) is 0 Å². The smallest absolute Gasteiger partial charge is 0.255 e. The summed E-state index contributed by atoms with van der Waals surface area (Å²) in [5.41, 5.74) is 1.31. The molecule has 0 atom stereocenters. The summed E-state index contributed by atoms with van der Waals surface area (Å²) in [6.07, 6.45) is -2.48. The van der Waals surface area contributed by atoms with Gasteiger partial charge in [0.2, 0.25) is 0 Å². The molecular weight excluding hydrogens is 268 g/mol. The van der Waals surface area contributed by atoms with Crippen molar-refractivity contribution in [2.75, 3.05) is 6.54 Å². The highest BCUT2D eigenvalue weighted by atomic mass is 79.9. The maximum absolute atomic E-state index is 12.2. The zero-order valence-corrected chi connectivity index (χ0v) is 9.30. The van der Waals surface area contributed by atoms with Crippen LogP contribution in [0.3, 0.4) is 0 Å². The van der Waals surface area contributed by atoms with Crippen molar-refractivity contribution in [1.29, 1.82) is 0 Å². The second-order valence-electron chi connectivity index (χ2n) is 3.35. The average Bonchev–Trinajstić information content (AvgIpc) is 2.44. The van der Waals surface area contributed by atoms with Crippen LogP contribution < -0.4 is 0 Å². The summed E-state index contributed by atoms with van der Waals surface area (Å²) in [5.74, 6) is -0.322. The van der Waals surface area contributed by atoms with Gasteiger partial charge >= 0.3 is 0 Å². The fourth-order valence-corrected chi connectivity index (χ4v) is 2.27. The van der Waals surface area contributed by atoms with Gasteiger partial charge in [-0.3, -0.25) is 4.79 Å². The molecule has 0 bridgehead atoms. The molecule has 1 aromatic rings. The lowest BCUT2D eigenvalue weighted by atomic mass is 10.1. The number of hydrogen-bond donors (Lipinski definition) is 0. The zero-order valence-electron chi connectivity index (χ0n) is 7.71. The number of amides is 1. The molecule has 0 aliphatic carbocycles. The first-order valence-corrected chi connectivity index (χ1v) is 5.23. The van der Waals surface area contributed by atoms with Crippen molar-refractivity contribution in [2.24, 2.45) is 0 Å². The minimum absolute atomic E-state index is 0.276. The number of fused-ring (bicyclic) bond motifs is 1. The van der Waals surface area contributed by atoms with E-state index in [1.165, 1.54) is 4.90 Å². The molecule has 80 valence electrons. The highest BCUT2D eigenvalue weighted by molar-refractivity contribution is 9.10. The van der Waals surface area contributed by atoms with E-state index >= 15 is 0 Å². The Hall–Kier alpha value is -0.970. The molecule has 0 aromatic heterocycles. The van der Waals surface area contributed by atoms with Gasteiger partial charge in [-0.2, -0.15) is 0 Å². The first-order chi connectivity index (χ1) is 7.09. The molecule has 15 heavy (non-hydrogen) atoms. The lowest BCUT2D eigenvalue weighted by Gasteiger charge is -2.14. The van der Waals surface area contributed by atoms with Gasteiger partial charge < -0.3 is 4.90 Å². The molecule has 0 fully saturated rings. The van der Waals surface area contributed by atoms with Gasteiger partial charge in [-0.15, -0.1) is 0 Å². The Kier molecular flexibility index (Phi) is 2.73. The minimum Gasteiger partial charge on any atom is -0.329 e. The lowest BCUT2D eigenvalue weighted by molar-refractivity contribution is 0.0577. The largest absolute Gasteiger partial charge is 0.329 e. The highest BCUT2D eigenvalue weighted by Crippen LogP contribution is 2.29. The van der Waals surface area contributed by atoms with E-state index in [0.717, 1.165) is 5.56 Å². The maximum Gasteiger partial charge on any atom is 0.255 e. The summed E-state index contributed by atoms with van der Waals surface area (Å²) in [5, 5.41) is 0. The Morgan fingerprint density at radius 3 is 2.80 bits per heavy atom. The third kappa shape index (κ3) is 1.88. The van der Waals surface area contributed by atoms with Gasteiger partial charge in [-0.25, -0.2) is 8.78 Å². The minimum atomic E-state index is -2.48. The summed E-state index contributed by atoms with van der Waals surface area (Å²) in [4.78, 5) is 12.9. The number of alkyl halides is 2. The molecule has 0 unspecified atom stereocenters. The number of carbonyl (C=O) groups excluding carboxylic acids is 1. The SMILES string of the molecule is O=C1c2c(Br)cccc2CN1CC(F)F. The molecule has 1 heterocycles. The molecule has 5 heteroatoms. The quantitative estimate of drug-likeness (QED) is 0.813. The predicted molar refractivity (Wildman–Crippen MR) is 54.9 cm³/mol. The first kappa shape index (κ1) is 10.5. The molecule has 0 N–H and O–H groups in total. The molecule has 2 rings (SSSR count). The Bertz CT molecular complexity index is 408. The Balaban J connectivity index is 2.30. The molecule has 0 saturated heterocycles. The van der Waals surface area contributed by atoms with Crippen molar-refractivity contribution in [3.63, 3.8) is 0 Å². The first-order valence-electron chi connectivity index (χ1n) is 4.44. The van der Waals surface area contributed by atoms with E-state index in [1.54, 1.807) is 18.2 Å². The third-order valence-corrected chi connectivity index (χ3v) is 2.98. The molecule has 1 aliphatic rings. The standard InChI is InChI=1S/C10H8BrF2NO/c11-7-3-1-2-6-4-14(5-8(12)13)10(15)9(6)7/h1-3,8H,4-5H2. The van der Waals surface area contributed by atoms with Crippen LogP contribution in [0.2, 0.25) is 0 Å². The molecule has 1 aliphatic heterocycles. The van der Waals surface area contributed by atoms with Crippen LogP contribution in [0.1, 0.15) is 15.9 Å². The lowest BCUT2D eigenvalue weighted by Crippen LogP contribution is -2.29. The maximum atomic E-state index is 12.2. The third-order valence-electron chi connectivity index (χ3n) is 2.32.